The second-order valence-electron chi connectivity index (χ2n) is 4.94. The summed E-state index contributed by atoms with van der Waals surface area (Å²) in [7, 11) is 0. The highest BCUT2D eigenvalue weighted by atomic mass is 32.2. The largest absolute Gasteiger partial charge is 0.327 e. The summed E-state index contributed by atoms with van der Waals surface area (Å²) in [5.41, 5.74) is 6.52. The summed E-state index contributed by atoms with van der Waals surface area (Å²) < 4.78 is 26.2. The molecule has 1 aliphatic carbocycles. The summed E-state index contributed by atoms with van der Waals surface area (Å²) in [6.45, 7) is 0. The van der Waals surface area contributed by atoms with E-state index in [4.69, 9.17) is 5.73 Å². The zero-order valence-electron chi connectivity index (χ0n) is 10.4. The summed E-state index contributed by atoms with van der Waals surface area (Å²) in [5.74, 6) is -0.178. The molecule has 0 heterocycles. The van der Waals surface area contributed by atoms with E-state index in [9.17, 15) is 8.78 Å². The van der Waals surface area contributed by atoms with Crippen molar-refractivity contribution in [3.8, 4) is 0 Å². The Bertz CT molecular complexity index is 391. The van der Waals surface area contributed by atoms with Crippen LogP contribution < -0.4 is 5.73 Å². The fraction of sp³-hybridized carbons (Fsp3) is 0.571. The van der Waals surface area contributed by atoms with Crippen LogP contribution in [0.1, 0.15) is 31.2 Å². The molecule has 0 saturated heterocycles. The number of halogens is 2. The zero-order valence-corrected chi connectivity index (χ0v) is 11.2. The molecule has 2 rings (SSSR count). The molecule has 1 aromatic carbocycles. The molecule has 1 aliphatic rings. The third kappa shape index (κ3) is 3.95. The van der Waals surface area contributed by atoms with Crippen LogP contribution in [0.25, 0.3) is 0 Å². The van der Waals surface area contributed by atoms with Gasteiger partial charge in [0.05, 0.1) is 0 Å². The molecule has 1 unspecified atom stereocenters. The Morgan fingerprint density at radius 2 is 2.00 bits per heavy atom. The van der Waals surface area contributed by atoms with E-state index < -0.39 is 11.6 Å². The van der Waals surface area contributed by atoms with Crippen LogP contribution in [0.5, 0.6) is 0 Å². The predicted molar refractivity (Wildman–Crippen MR) is 72.8 cm³/mol. The van der Waals surface area contributed by atoms with Gasteiger partial charge < -0.3 is 5.73 Å². The number of nitrogens with two attached hydrogens (primary N) is 1. The molecule has 0 aliphatic heterocycles. The van der Waals surface area contributed by atoms with Crippen molar-refractivity contribution in [3.05, 3.63) is 35.4 Å². The van der Waals surface area contributed by atoms with Gasteiger partial charge in [0.1, 0.15) is 11.6 Å². The van der Waals surface area contributed by atoms with Crippen LogP contribution in [0.3, 0.4) is 0 Å². The Balaban J connectivity index is 1.80. The van der Waals surface area contributed by atoms with Crippen molar-refractivity contribution in [2.75, 3.05) is 5.75 Å². The van der Waals surface area contributed by atoms with Gasteiger partial charge in [-0.1, -0.05) is 18.9 Å². The summed E-state index contributed by atoms with van der Waals surface area (Å²) in [6.07, 6.45) is 5.68. The molecular weight excluding hydrogens is 252 g/mol. The van der Waals surface area contributed by atoms with Crippen LogP contribution in [0.4, 0.5) is 8.78 Å². The van der Waals surface area contributed by atoms with Crippen LogP contribution in [0, 0.1) is 11.6 Å². The first kappa shape index (κ1) is 13.8. The molecule has 2 N–H and O–H groups in total. The number of thioether (sulfide) groups is 1. The molecule has 1 atom stereocenters. The number of hydrogen-bond donors (Lipinski definition) is 1. The van der Waals surface area contributed by atoms with Crippen molar-refractivity contribution < 1.29 is 8.78 Å². The molecule has 1 saturated carbocycles. The van der Waals surface area contributed by atoms with Crippen molar-refractivity contribution in [2.45, 2.75) is 43.4 Å². The van der Waals surface area contributed by atoms with Crippen LogP contribution in [-0.4, -0.2) is 17.0 Å². The van der Waals surface area contributed by atoms with Gasteiger partial charge in [-0.2, -0.15) is 11.8 Å². The zero-order chi connectivity index (χ0) is 13.0. The minimum atomic E-state index is -0.537. The lowest BCUT2D eigenvalue weighted by Gasteiger charge is -2.15. The molecule has 4 heteroatoms. The van der Waals surface area contributed by atoms with E-state index in [1.54, 1.807) is 0 Å². The van der Waals surface area contributed by atoms with Gasteiger partial charge in [0.25, 0.3) is 0 Å². The van der Waals surface area contributed by atoms with Crippen molar-refractivity contribution >= 4 is 11.8 Å². The second-order valence-corrected chi connectivity index (χ2v) is 6.27. The minimum absolute atomic E-state index is 0.0597. The van der Waals surface area contributed by atoms with E-state index in [1.807, 2.05) is 11.8 Å². The van der Waals surface area contributed by atoms with Gasteiger partial charge in [0.2, 0.25) is 0 Å². The van der Waals surface area contributed by atoms with E-state index in [1.165, 1.54) is 37.8 Å². The van der Waals surface area contributed by atoms with Crippen molar-refractivity contribution in [3.63, 3.8) is 0 Å². The lowest BCUT2D eigenvalue weighted by atomic mass is 10.1. The van der Waals surface area contributed by atoms with Gasteiger partial charge in [-0.25, -0.2) is 8.78 Å². The SMILES string of the molecule is NC(CSC1CCCC1)Cc1ccc(F)cc1F. The fourth-order valence-electron chi connectivity index (χ4n) is 2.34. The molecule has 0 amide bonds. The van der Waals surface area contributed by atoms with Crippen LogP contribution in [0.2, 0.25) is 0 Å². The maximum Gasteiger partial charge on any atom is 0.129 e. The lowest BCUT2D eigenvalue weighted by molar-refractivity contribution is 0.565. The van der Waals surface area contributed by atoms with Gasteiger partial charge in [0.15, 0.2) is 0 Å². The van der Waals surface area contributed by atoms with E-state index in [0.29, 0.717) is 12.0 Å². The van der Waals surface area contributed by atoms with E-state index >= 15 is 0 Å². The van der Waals surface area contributed by atoms with Crippen molar-refractivity contribution in [2.24, 2.45) is 5.73 Å². The quantitative estimate of drug-likeness (QED) is 0.887. The third-order valence-corrected chi connectivity index (χ3v) is 4.91. The van der Waals surface area contributed by atoms with Gasteiger partial charge in [-0.05, 0) is 30.9 Å². The van der Waals surface area contributed by atoms with Crippen molar-refractivity contribution in [1.29, 1.82) is 0 Å². The number of benzene rings is 1. The maximum atomic E-state index is 13.4. The summed E-state index contributed by atoms with van der Waals surface area (Å²) >= 11 is 1.90. The normalized spacial score (nSPS) is 18.2. The van der Waals surface area contributed by atoms with E-state index in [2.05, 4.69) is 0 Å². The number of rotatable bonds is 5. The summed E-state index contributed by atoms with van der Waals surface area (Å²) in [6, 6.07) is 3.64. The molecule has 0 spiro atoms. The Labute approximate surface area is 111 Å². The molecule has 0 aromatic heterocycles. The maximum absolute atomic E-state index is 13.4. The van der Waals surface area contributed by atoms with Gasteiger partial charge in [-0.3, -0.25) is 0 Å². The van der Waals surface area contributed by atoms with E-state index in [-0.39, 0.29) is 6.04 Å². The monoisotopic (exact) mass is 271 g/mol. The average molecular weight is 271 g/mol. The van der Waals surface area contributed by atoms with Gasteiger partial charge >= 0.3 is 0 Å². The Kier molecular flexibility index (Phi) is 5.01. The summed E-state index contributed by atoms with van der Waals surface area (Å²) in [5, 5.41) is 0.731. The molecule has 18 heavy (non-hydrogen) atoms. The Morgan fingerprint density at radius 1 is 1.28 bits per heavy atom. The van der Waals surface area contributed by atoms with Gasteiger partial charge in [0, 0.05) is 23.1 Å². The highest BCUT2D eigenvalue weighted by molar-refractivity contribution is 7.99. The molecule has 1 fully saturated rings. The fourth-order valence-corrected chi connectivity index (χ4v) is 3.65. The topological polar surface area (TPSA) is 26.0 Å². The minimum Gasteiger partial charge on any atom is -0.327 e. The van der Waals surface area contributed by atoms with E-state index in [0.717, 1.165) is 17.1 Å². The molecule has 0 radical (unpaired) electrons. The summed E-state index contributed by atoms with van der Waals surface area (Å²) in [4.78, 5) is 0. The second kappa shape index (κ2) is 6.53. The Hall–Kier alpha value is -0.610. The molecular formula is C14H19F2NS. The average Bonchev–Trinajstić information content (AvgIpc) is 2.83. The highest BCUT2D eigenvalue weighted by Crippen LogP contribution is 2.29. The first-order chi connectivity index (χ1) is 8.65. The molecule has 1 nitrogen and oxygen atoms in total. The standard InChI is InChI=1S/C14H19F2NS/c15-11-6-5-10(14(16)8-11)7-12(17)9-18-13-3-1-2-4-13/h5-6,8,12-13H,1-4,7,9,17H2. The van der Waals surface area contributed by atoms with Crippen molar-refractivity contribution in [1.82, 2.24) is 0 Å². The van der Waals surface area contributed by atoms with Crippen LogP contribution in [0.15, 0.2) is 18.2 Å². The highest BCUT2D eigenvalue weighted by Gasteiger charge is 2.17. The third-order valence-electron chi connectivity index (χ3n) is 3.35. The predicted octanol–water partition coefficient (Wildman–Crippen LogP) is 3.51. The smallest absolute Gasteiger partial charge is 0.129 e. The number of hydrogen-bond acceptors (Lipinski definition) is 2. The molecule has 0 bridgehead atoms. The molecule has 1 aromatic rings. The molecule has 100 valence electrons. The van der Waals surface area contributed by atoms with Gasteiger partial charge in [-0.15, -0.1) is 0 Å². The van der Waals surface area contributed by atoms with Crippen LogP contribution in [-0.2, 0) is 6.42 Å². The van der Waals surface area contributed by atoms with Crippen LogP contribution >= 0.6 is 11.8 Å². The first-order valence-electron chi connectivity index (χ1n) is 6.46. The lowest BCUT2D eigenvalue weighted by Crippen LogP contribution is -2.27. The Morgan fingerprint density at radius 3 is 2.67 bits per heavy atom. The first-order valence-corrected chi connectivity index (χ1v) is 7.51.